The second-order valence-electron chi connectivity index (χ2n) is 6.52. The Morgan fingerprint density at radius 3 is 2.50 bits per heavy atom. The van der Waals surface area contributed by atoms with Gasteiger partial charge in [-0.1, -0.05) is 43.3 Å². The van der Waals surface area contributed by atoms with Crippen LogP contribution in [0, 0.1) is 0 Å². The minimum absolute atomic E-state index is 0.0789. The molecule has 0 saturated carbocycles. The number of hydrogen-bond acceptors (Lipinski definition) is 3. The summed E-state index contributed by atoms with van der Waals surface area (Å²) >= 11 is 1.73. The monoisotopic (exact) mass is 363 g/mol. The summed E-state index contributed by atoms with van der Waals surface area (Å²) in [6.07, 6.45) is 1.53. The quantitative estimate of drug-likeness (QED) is 0.668. The van der Waals surface area contributed by atoms with Crippen LogP contribution < -0.4 is 10.1 Å². The zero-order valence-corrected chi connectivity index (χ0v) is 15.7. The van der Waals surface area contributed by atoms with Gasteiger partial charge in [-0.05, 0) is 35.2 Å². The summed E-state index contributed by atoms with van der Waals surface area (Å²) in [5.74, 6) is 1.03. The molecule has 0 bridgehead atoms. The van der Waals surface area contributed by atoms with Gasteiger partial charge in [-0.15, -0.1) is 11.3 Å². The average Bonchev–Trinajstić information content (AvgIpc) is 3.11. The number of methoxy groups -OCH3 is 1. The van der Waals surface area contributed by atoms with E-state index in [1.54, 1.807) is 18.4 Å². The normalized spacial score (nSPS) is 16.1. The van der Waals surface area contributed by atoms with Gasteiger partial charge in [-0.25, -0.2) is 0 Å². The molecular formula is C22H21NO2S. The van der Waals surface area contributed by atoms with E-state index < -0.39 is 0 Å². The second kappa shape index (κ2) is 6.96. The van der Waals surface area contributed by atoms with Crippen LogP contribution in [-0.4, -0.2) is 13.0 Å². The first-order valence-corrected chi connectivity index (χ1v) is 9.72. The maximum Gasteiger partial charge on any atom is 0.225 e. The number of carbonyl (C=O) groups excluding carboxylic acids is 1. The van der Waals surface area contributed by atoms with E-state index in [2.05, 4.69) is 41.9 Å². The van der Waals surface area contributed by atoms with Crippen molar-refractivity contribution < 1.29 is 9.53 Å². The van der Waals surface area contributed by atoms with Gasteiger partial charge < -0.3 is 10.1 Å². The first kappa shape index (κ1) is 16.9. The number of fused-ring (bicyclic) bond motifs is 1. The summed E-state index contributed by atoms with van der Waals surface area (Å²) in [5, 5.41) is 5.24. The van der Waals surface area contributed by atoms with Crippen molar-refractivity contribution in [1.29, 1.82) is 0 Å². The number of ether oxygens (including phenoxy) is 1. The Kier molecular flexibility index (Phi) is 4.51. The molecule has 4 rings (SSSR count). The average molecular weight is 363 g/mol. The van der Waals surface area contributed by atoms with Crippen molar-refractivity contribution in [3.05, 3.63) is 69.9 Å². The van der Waals surface area contributed by atoms with Crippen LogP contribution in [0.1, 0.15) is 35.3 Å². The number of aryl methyl sites for hydroxylation is 1. The molecule has 1 amide bonds. The van der Waals surface area contributed by atoms with Gasteiger partial charge in [0.05, 0.1) is 12.8 Å². The number of carbonyl (C=O) groups is 1. The fraction of sp³-hybridized carbons (Fsp3) is 0.227. The molecule has 0 fully saturated rings. The summed E-state index contributed by atoms with van der Waals surface area (Å²) in [7, 11) is 1.66. The van der Waals surface area contributed by atoms with E-state index in [-0.39, 0.29) is 11.8 Å². The fourth-order valence-corrected chi connectivity index (χ4v) is 4.63. The zero-order valence-electron chi connectivity index (χ0n) is 14.9. The van der Waals surface area contributed by atoms with E-state index in [9.17, 15) is 4.79 Å². The molecule has 4 heteroatoms. The smallest absolute Gasteiger partial charge is 0.225 e. The topological polar surface area (TPSA) is 38.3 Å². The van der Waals surface area contributed by atoms with Crippen LogP contribution in [0.2, 0.25) is 0 Å². The van der Waals surface area contributed by atoms with Crippen LogP contribution in [0.15, 0.2) is 53.9 Å². The van der Waals surface area contributed by atoms with E-state index in [4.69, 9.17) is 4.74 Å². The summed E-state index contributed by atoms with van der Waals surface area (Å²) in [4.78, 5) is 13.6. The highest BCUT2D eigenvalue weighted by Crippen LogP contribution is 2.46. The minimum Gasteiger partial charge on any atom is -0.497 e. The van der Waals surface area contributed by atoms with E-state index in [1.165, 1.54) is 16.0 Å². The van der Waals surface area contributed by atoms with E-state index in [0.717, 1.165) is 29.0 Å². The number of nitrogens with one attached hydrogen (secondary N) is 1. The first-order chi connectivity index (χ1) is 12.7. The number of anilines is 1. The van der Waals surface area contributed by atoms with Gasteiger partial charge in [-0.3, -0.25) is 4.79 Å². The molecule has 3 nitrogen and oxygen atoms in total. The fourth-order valence-electron chi connectivity index (χ4n) is 3.46. The number of rotatable bonds is 4. The Morgan fingerprint density at radius 2 is 1.85 bits per heavy atom. The summed E-state index contributed by atoms with van der Waals surface area (Å²) in [5.41, 5.74) is 5.66. The van der Waals surface area contributed by atoms with Crippen molar-refractivity contribution >= 4 is 22.9 Å². The van der Waals surface area contributed by atoms with Gasteiger partial charge in [-0.2, -0.15) is 0 Å². The molecule has 1 atom stereocenters. The summed E-state index contributed by atoms with van der Waals surface area (Å²) in [6, 6.07) is 16.6. The van der Waals surface area contributed by atoms with Crippen molar-refractivity contribution in [1.82, 2.24) is 0 Å². The second-order valence-corrected chi connectivity index (χ2v) is 7.43. The van der Waals surface area contributed by atoms with E-state index in [0.29, 0.717) is 6.42 Å². The highest BCUT2D eigenvalue weighted by atomic mass is 32.1. The van der Waals surface area contributed by atoms with Gasteiger partial charge in [0.2, 0.25) is 5.91 Å². The highest BCUT2D eigenvalue weighted by Gasteiger charge is 2.30. The molecule has 0 spiro atoms. The van der Waals surface area contributed by atoms with Crippen LogP contribution in [0.25, 0.3) is 11.1 Å². The van der Waals surface area contributed by atoms with E-state index in [1.807, 2.05) is 24.3 Å². The summed E-state index contributed by atoms with van der Waals surface area (Å²) < 4.78 is 5.24. The van der Waals surface area contributed by atoms with E-state index >= 15 is 0 Å². The highest BCUT2D eigenvalue weighted by molar-refractivity contribution is 7.11. The molecule has 1 aliphatic heterocycles. The molecule has 1 N–H and O–H groups in total. The molecule has 2 heterocycles. The van der Waals surface area contributed by atoms with Gasteiger partial charge in [0.1, 0.15) is 5.75 Å². The van der Waals surface area contributed by atoms with Crippen molar-refractivity contribution in [2.24, 2.45) is 0 Å². The molecule has 2 aromatic carbocycles. The van der Waals surface area contributed by atoms with Crippen LogP contribution >= 0.6 is 11.3 Å². The molecule has 0 aliphatic carbocycles. The van der Waals surface area contributed by atoms with Crippen molar-refractivity contribution in [2.45, 2.75) is 25.7 Å². The summed E-state index contributed by atoms with van der Waals surface area (Å²) in [6.45, 7) is 2.15. The maximum absolute atomic E-state index is 12.4. The first-order valence-electron chi connectivity index (χ1n) is 8.84. The van der Waals surface area contributed by atoms with Crippen LogP contribution in [0.5, 0.6) is 5.75 Å². The Hall–Kier alpha value is -2.59. The third kappa shape index (κ3) is 3.01. The minimum atomic E-state index is 0.0789. The van der Waals surface area contributed by atoms with Gasteiger partial charge in [0, 0.05) is 28.2 Å². The largest absolute Gasteiger partial charge is 0.497 e. The predicted molar refractivity (Wildman–Crippen MR) is 107 cm³/mol. The third-order valence-corrected chi connectivity index (χ3v) is 6.08. The Balaban J connectivity index is 1.74. The standard InChI is InChI=1S/C22H21NO2S/c1-3-14-4-6-15(7-5-14)18-12-20(24)23-21-19(13-26-22(18)21)16-8-10-17(25-2)11-9-16/h4-11,13,18H,3,12H2,1-2H3,(H,23,24). The Bertz CT molecular complexity index is 926. The Labute approximate surface area is 157 Å². The predicted octanol–water partition coefficient (Wildman–Crippen LogP) is 5.46. The van der Waals surface area contributed by atoms with Crippen LogP contribution in [0.4, 0.5) is 5.69 Å². The molecule has 1 unspecified atom stereocenters. The van der Waals surface area contributed by atoms with Gasteiger partial charge >= 0.3 is 0 Å². The van der Waals surface area contributed by atoms with Crippen LogP contribution in [-0.2, 0) is 11.2 Å². The molecule has 26 heavy (non-hydrogen) atoms. The molecule has 0 saturated heterocycles. The molecular weight excluding hydrogens is 342 g/mol. The SMILES string of the molecule is CCc1ccc(C2CC(=O)Nc3c(-c4ccc(OC)cc4)csc32)cc1. The lowest BCUT2D eigenvalue weighted by atomic mass is 9.88. The van der Waals surface area contributed by atoms with Gasteiger partial charge in [0.25, 0.3) is 0 Å². The van der Waals surface area contributed by atoms with Crippen LogP contribution in [0.3, 0.4) is 0 Å². The Morgan fingerprint density at radius 1 is 1.12 bits per heavy atom. The lowest BCUT2D eigenvalue weighted by Gasteiger charge is -2.24. The number of thiophene rings is 1. The maximum atomic E-state index is 12.4. The van der Waals surface area contributed by atoms with Gasteiger partial charge in [0.15, 0.2) is 0 Å². The molecule has 1 aromatic heterocycles. The van der Waals surface area contributed by atoms with Crippen molar-refractivity contribution in [3.8, 4) is 16.9 Å². The molecule has 0 radical (unpaired) electrons. The third-order valence-electron chi connectivity index (χ3n) is 4.98. The molecule has 132 valence electrons. The number of hydrogen-bond donors (Lipinski definition) is 1. The molecule has 1 aliphatic rings. The molecule has 3 aromatic rings. The van der Waals surface area contributed by atoms with Crippen molar-refractivity contribution in [3.63, 3.8) is 0 Å². The lowest BCUT2D eigenvalue weighted by Crippen LogP contribution is -2.22. The number of amides is 1. The van der Waals surface area contributed by atoms with Crippen molar-refractivity contribution in [2.75, 3.05) is 12.4 Å². The lowest BCUT2D eigenvalue weighted by molar-refractivity contribution is -0.116. The number of benzene rings is 2. The zero-order chi connectivity index (χ0) is 18.1.